The Hall–Kier alpha value is -1.39. The van der Waals surface area contributed by atoms with E-state index in [9.17, 15) is 13.5 Å². The lowest BCUT2D eigenvalue weighted by molar-refractivity contribution is -0.0553. The minimum Gasteiger partial charge on any atom is -0.395 e. The molecule has 27 heavy (non-hydrogen) atoms. The quantitative estimate of drug-likeness (QED) is 0.799. The first-order valence-electron chi connectivity index (χ1n) is 9.86. The van der Waals surface area contributed by atoms with E-state index in [4.69, 9.17) is 0 Å². The highest BCUT2D eigenvalue weighted by Gasteiger charge is 2.49. The van der Waals surface area contributed by atoms with Crippen LogP contribution in [0.5, 0.6) is 0 Å². The van der Waals surface area contributed by atoms with Gasteiger partial charge in [0.15, 0.2) is 0 Å². The lowest BCUT2D eigenvalue weighted by Gasteiger charge is -2.57. The fraction of sp³-hybridized carbons (Fsp3) is 0.619. The van der Waals surface area contributed by atoms with Crippen molar-refractivity contribution in [3.05, 3.63) is 35.4 Å². The highest BCUT2D eigenvalue weighted by Crippen LogP contribution is 2.42. The van der Waals surface area contributed by atoms with E-state index in [0.29, 0.717) is 13.1 Å². The van der Waals surface area contributed by atoms with Crippen LogP contribution in [0, 0.1) is 11.8 Å². The zero-order valence-electron chi connectivity index (χ0n) is 16.3. The molecular formula is C21H30N2O3S. The fourth-order valence-electron chi connectivity index (χ4n) is 4.29. The lowest BCUT2D eigenvalue weighted by Crippen LogP contribution is -2.67. The van der Waals surface area contributed by atoms with Crippen molar-refractivity contribution < 1.29 is 13.5 Å². The van der Waals surface area contributed by atoms with Crippen molar-refractivity contribution in [1.29, 1.82) is 0 Å². The molecule has 2 fully saturated rings. The van der Waals surface area contributed by atoms with Crippen molar-refractivity contribution in [2.75, 3.05) is 32.5 Å². The maximum Gasteiger partial charge on any atom is 0.211 e. The molecule has 3 atom stereocenters. The van der Waals surface area contributed by atoms with Crippen LogP contribution in [-0.4, -0.2) is 67.3 Å². The largest absolute Gasteiger partial charge is 0.395 e. The summed E-state index contributed by atoms with van der Waals surface area (Å²) in [4.78, 5) is 2.29. The molecule has 1 aromatic rings. The molecule has 3 rings (SSSR count). The van der Waals surface area contributed by atoms with Crippen molar-refractivity contribution in [2.24, 2.45) is 0 Å². The predicted octanol–water partition coefficient (Wildman–Crippen LogP) is 2.02. The Morgan fingerprint density at radius 3 is 2.52 bits per heavy atom. The van der Waals surface area contributed by atoms with Gasteiger partial charge in [-0.2, -0.15) is 0 Å². The Morgan fingerprint density at radius 1 is 1.19 bits per heavy atom. The van der Waals surface area contributed by atoms with Crippen LogP contribution in [0.25, 0.3) is 0 Å². The summed E-state index contributed by atoms with van der Waals surface area (Å²) in [7, 11) is -3.21. The van der Waals surface area contributed by atoms with Gasteiger partial charge in [0.05, 0.1) is 12.9 Å². The molecule has 5 nitrogen and oxygen atoms in total. The molecule has 6 heteroatoms. The average molecular weight is 391 g/mol. The SMILES string of the molecule is CCCC#Cc1ccc([C@@H]2[C@@H](CO)N3CCCCN(S(C)(=O)=O)C[C@@H]23)cc1. The van der Waals surface area contributed by atoms with Gasteiger partial charge < -0.3 is 5.11 Å². The van der Waals surface area contributed by atoms with Crippen LogP contribution in [0.15, 0.2) is 24.3 Å². The van der Waals surface area contributed by atoms with Gasteiger partial charge in [0, 0.05) is 43.1 Å². The van der Waals surface area contributed by atoms with Crippen molar-refractivity contribution in [3.63, 3.8) is 0 Å². The smallest absolute Gasteiger partial charge is 0.211 e. The fourth-order valence-corrected chi connectivity index (χ4v) is 5.17. The molecule has 0 amide bonds. The Balaban J connectivity index is 1.82. The minimum atomic E-state index is -3.21. The standard InChI is InChI=1S/C21H30N2O3S/c1-3-4-5-8-17-9-11-18(12-10-17)21-19-15-22(27(2,25)26)13-6-7-14-23(19)20(21)16-24/h9-12,19-21,24H,3-4,6-7,13-16H2,1-2H3/t19-,20+,21-/m0/s1. The zero-order valence-corrected chi connectivity index (χ0v) is 17.1. The predicted molar refractivity (Wildman–Crippen MR) is 108 cm³/mol. The number of nitrogens with zero attached hydrogens (tertiary/aromatic N) is 2. The van der Waals surface area contributed by atoms with E-state index in [1.165, 1.54) is 6.26 Å². The number of sulfonamides is 1. The molecule has 2 saturated heterocycles. The van der Waals surface area contributed by atoms with Gasteiger partial charge in [-0.05, 0) is 43.5 Å². The third-order valence-electron chi connectivity index (χ3n) is 5.70. The lowest BCUT2D eigenvalue weighted by atomic mass is 9.74. The normalized spacial score (nSPS) is 26.9. The maximum atomic E-state index is 12.1. The summed E-state index contributed by atoms with van der Waals surface area (Å²) in [5, 5.41) is 9.95. The summed E-state index contributed by atoms with van der Waals surface area (Å²) in [5.41, 5.74) is 2.16. The van der Waals surface area contributed by atoms with E-state index < -0.39 is 10.0 Å². The monoisotopic (exact) mass is 390 g/mol. The molecule has 2 aliphatic heterocycles. The van der Waals surface area contributed by atoms with Gasteiger partial charge in [-0.15, -0.1) is 0 Å². The van der Waals surface area contributed by atoms with E-state index in [0.717, 1.165) is 43.4 Å². The minimum absolute atomic E-state index is 0.0616. The number of aliphatic hydroxyl groups is 1. The van der Waals surface area contributed by atoms with E-state index >= 15 is 0 Å². The van der Waals surface area contributed by atoms with Gasteiger partial charge in [0.2, 0.25) is 10.0 Å². The molecule has 1 N–H and O–H groups in total. The molecule has 0 bridgehead atoms. The van der Waals surface area contributed by atoms with Gasteiger partial charge in [-0.3, -0.25) is 4.90 Å². The molecule has 0 aliphatic carbocycles. The van der Waals surface area contributed by atoms with Crippen molar-refractivity contribution in [3.8, 4) is 11.8 Å². The molecule has 0 aromatic heterocycles. The first-order chi connectivity index (χ1) is 13.0. The van der Waals surface area contributed by atoms with Crippen LogP contribution in [0.3, 0.4) is 0 Å². The first kappa shape index (κ1) is 20.3. The molecule has 148 valence electrons. The van der Waals surface area contributed by atoms with Gasteiger partial charge in [-0.1, -0.05) is 30.9 Å². The summed E-state index contributed by atoms with van der Waals surface area (Å²) < 4.78 is 25.9. The number of unbranched alkanes of at least 4 members (excludes halogenated alkanes) is 1. The van der Waals surface area contributed by atoms with Crippen LogP contribution in [0.4, 0.5) is 0 Å². The van der Waals surface area contributed by atoms with Gasteiger partial charge in [-0.25, -0.2) is 12.7 Å². The zero-order chi connectivity index (χ0) is 19.4. The van der Waals surface area contributed by atoms with E-state index in [-0.39, 0.29) is 24.6 Å². The molecule has 0 radical (unpaired) electrons. The molecule has 1 aromatic carbocycles. The number of hydrogen-bond donors (Lipinski definition) is 1. The molecule has 0 unspecified atom stereocenters. The number of benzene rings is 1. The van der Waals surface area contributed by atoms with Crippen molar-refractivity contribution >= 4 is 10.0 Å². The number of aliphatic hydroxyl groups excluding tert-OH is 1. The third kappa shape index (κ3) is 4.55. The van der Waals surface area contributed by atoms with Crippen LogP contribution in [-0.2, 0) is 10.0 Å². The Kier molecular flexibility index (Phi) is 6.59. The van der Waals surface area contributed by atoms with Crippen LogP contribution in [0.1, 0.15) is 49.7 Å². The number of fused-ring (bicyclic) bond motifs is 1. The summed E-state index contributed by atoms with van der Waals surface area (Å²) in [6, 6.07) is 8.42. The highest BCUT2D eigenvalue weighted by atomic mass is 32.2. The van der Waals surface area contributed by atoms with E-state index in [2.05, 4.69) is 35.8 Å². The van der Waals surface area contributed by atoms with Crippen LogP contribution >= 0.6 is 0 Å². The molecule has 0 spiro atoms. The highest BCUT2D eigenvalue weighted by molar-refractivity contribution is 7.88. The van der Waals surface area contributed by atoms with Gasteiger partial charge in [0.1, 0.15) is 0 Å². The van der Waals surface area contributed by atoms with Crippen molar-refractivity contribution in [1.82, 2.24) is 9.21 Å². The molecule has 2 aliphatic rings. The number of rotatable bonds is 4. The topological polar surface area (TPSA) is 60.9 Å². The second-order valence-corrected chi connectivity index (χ2v) is 9.57. The Bertz CT molecular complexity index is 795. The molecular weight excluding hydrogens is 360 g/mol. The summed E-state index contributed by atoms with van der Waals surface area (Å²) >= 11 is 0. The number of hydrogen-bond acceptors (Lipinski definition) is 4. The van der Waals surface area contributed by atoms with Crippen molar-refractivity contribution in [2.45, 2.75) is 50.6 Å². The summed E-state index contributed by atoms with van der Waals surface area (Å²) in [5.74, 6) is 6.48. The van der Waals surface area contributed by atoms with E-state index in [1.807, 2.05) is 12.1 Å². The van der Waals surface area contributed by atoms with E-state index in [1.54, 1.807) is 4.31 Å². The Morgan fingerprint density at radius 2 is 1.89 bits per heavy atom. The molecule has 0 saturated carbocycles. The van der Waals surface area contributed by atoms with Gasteiger partial charge in [0.25, 0.3) is 0 Å². The Labute approximate surface area is 163 Å². The summed E-state index contributed by atoms with van der Waals surface area (Å²) in [6.07, 6.45) is 5.07. The second-order valence-electron chi connectivity index (χ2n) is 7.58. The maximum absolute atomic E-state index is 12.1. The molecule has 2 heterocycles. The third-order valence-corrected chi connectivity index (χ3v) is 6.97. The van der Waals surface area contributed by atoms with Crippen LogP contribution < -0.4 is 0 Å². The van der Waals surface area contributed by atoms with Gasteiger partial charge >= 0.3 is 0 Å². The first-order valence-corrected chi connectivity index (χ1v) is 11.7. The van der Waals surface area contributed by atoms with Crippen LogP contribution in [0.2, 0.25) is 0 Å². The second kappa shape index (κ2) is 8.74. The summed E-state index contributed by atoms with van der Waals surface area (Å²) in [6.45, 7) is 4.22. The average Bonchev–Trinajstić information content (AvgIpc) is 2.61.